The Hall–Kier alpha value is -2.30. The van der Waals surface area contributed by atoms with E-state index in [1.54, 1.807) is 12.3 Å². The van der Waals surface area contributed by atoms with Gasteiger partial charge >= 0.3 is 0 Å². The Kier molecular flexibility index (Phi) is 6.42. The maximum Gasteiger partial charge on any atom is 0.200 e. The topological polar surface area (TPSA) is 54.3 Å². The molecule has 0 amide bonds. The third-order valence-electron chi connectivity index (χ3n) is 5.91. The number of aliphatic hydroxyl groups excluding tert-OH is 1. The number of aliphatic hydroxyl groups is 1. The molecule has 3 rings (SSSR count). The van der Waals surface area contributed by atoms with Crippen molar-refractivity contribution in [2.75, 3.05) is 5.32 Å². The maximum absolute atomic E-state index is 14.9. The highest BCUT2D eigenvalue weighted by Gasteiger charge is 2.22. The Morgan fingerprint density at radius 3 is 2.68 bits per heavy atom. The van der Waals surface area contributed by atoms with Crippen LogP contribution in [0.25, 0.3) is 16.7 Å². The van der Waals surface area contributed by atoms with E-state index in [0.717, 1.165) is 56.9 Å². The van der Waals surface area contributed by atoms with Crippen LogP contribution >= 0.6 is 0 Å². The molecule has 5 heteroatoms. The molecule has 4 nitrogen and oxygen atoms in total. The third kappa shape index (κ3) is 4.08. The number of benzene rings is 1. The van der Waals surface area contributed by atoms with Crippen molar-refractivity contribution in [3.05, 3.63) is 46.5 Å². The molecule has 1 fully saturated rings. The standard InChI is InChI=1S/C23H31FN2O2/c1-4-6-9-16(5-2)25-21-13-22-18(12-20(21)24)23(28)19(15(3)27)14-26(22)17-10-7-8-11-17/h12-14,16-17,25,27H,3-11H2,1-2H3. The number of nitrogens with zero attached hydrogens (tertiary/aromatic N) is 1. The molecule has 0 bridgehead atoms. The Morgan fingerprint density at radius 1 is 1.36 bits per heavy atom. The summed E-state index contributed by atoms with van der Waals surface area (Å²) in [5, 5.41) is 13.5. The fourth-order valence-electron chi connectivity index (χ4n) is 4.22. The van der Waals surface area contributed by atoms with Crippen molar-refractivity contribution in [2.45, 2.75) is 77.3 Å². The van der Waals surface area contributed by atoms with Gasteiger partial charge in [0.15, 0.2) is 5.43 Å². The minimum Gasteiger partial charge on any atom is -0.508 e. The quantitative estimate of drug-likeness (QED) is 0.534. The number of anilines is 1. The minimum absolute atomic E-state index is 0.147. The molecule has 0 saturated heterocycles. The average Bonchev–Trinajstić information content (AvgIpc) is 3.20. The molecule has 0 spiro atoms. The van der Waals surface area contributed by atoms with E-state index in [-0.39, 0.29) is 28.8 Å². The fraction of sp³-hybridized carbons (Fsp3) is 0.522. The highest BCUT2D eigenvalue weighted by atomic mass is 19.1. The molecule has 1 aromatic carbocycles. The first kappa shape index (κ1) is 20.4. The molecule has 1 aliphatic rings. The maximum atomic E-state index is 14.9. The predicted molar refractivity (Wildman–Crippen MR) is 115 cm³/mol. The number of pyridine rings is 1. The Bertz CT molecular complexity index is 913. The Morgan fingerprint density at radius 2 is 2.07 bits per heavy atom. The van der Waals surface area contributed by atoms with Crippen molar-refractivity contribution >= 4 is 22.3 Å². The summed E-state index contributed by atoms with van der Waals surface area (Å²) in [6, 6.07) is 3.53. The number of hydrogen-bond acceptors (Lipinski definition) is 3. The van der Waals surface area contributed by atoms with E-state index >= 15 is 0 Å². The number of unbranched alkanes of at least 4 members (excludes halogenated alkanes) is 1. The van der Waals surface area contributed by atoms with E-state index in [4.69, 9.17) is 0 Å². The van der Waals surface area contributed by atoms with E-state index in [1.807, 2.05) is 4.57 Å². The summed E-state index contributed by atoms with van der Waals surface area (Å²) >= 11 is 0. The van der Waals surface area contributed by atoms with Crippen molar-refractivity contribution in [1.29, 1.82) is 0 Å². The van der Waals surface area contributed by atoms with E-state index < -0.39 is 5.82 Å². The van der Waals surface area contributed by atoms with Crippen molar-refractivity contribution in [2.24, 2.45) is 0 Å². The van der Waals surface area contributed by atoms with Crippen LogP contribution in [0, 0.1) is 5.82 Å². The van der Waals surface area contributed by atoms with Crippen LogP contribution in [0.3, 0.4) is 0 Å². The van der Waals surface area contributed by atoms with Gasteiger partial charge < -0.3 is 15.0 Å². The van der Waals surface area contributed by atoms with Gasteiger partial charge in [0, 0.05) is 23.7 Å². The molecular weight excluding hydrogens is 355 g/mol. The van der Waals surface area contributed by atoms with Gasteiger partial charge in [0.25, 0.3) is 0 Å². The average molecular weight is 387 g/mol. The van der Waals surface area contributed by atoms with Crippen LogP contribution in [-0.2, 0) is 0 Å². The van der Waals surface area contributed by atoms with E-state index in [1.165, 1.54) is 6.07 Å². The predicted octanol–water partition coefficient (Wildman–Crippen LogP) is 6.17. The van der Waals surface area contributed by atoms with Gasteiger partial charge in [-0.25, -0.2) is 4.39 Å². The first-order valence-electron chi connectivity index (χ1n) is 10.5. The summed E-state index contributed by atoms with van der Waals surface area (Å²) in [7, 11) is 0. The number of halogens is 1. The van der Waals surface area contributed by atoms with Crippen molar-refractivity contribution in [3.63, 3.8) is 0 Å². The largest absolute Gasteiger partial charge is 0.508 e. The van der Waals surface area contributed by atoms with Crippen LogP contribution in [0.4, 0.5) is 10.1 Å². The SMILES string of the molecule is C=C(O)c1cn(C2CCCC2)c2cc(NC(CC)CCCC)c(F)cc2c1=O. The lowest BCUT2D eigenvalue weighted by molar-refractivity contribution is 0.505. The van der Waals surface area contributed by atoms with Crippen LogP contribution in [0.1, 0.15) is 76.8 Å². The molecule has 2 N–H and O–H groups in total. The van der Waals surface area contributed by atoms with Gasteiger partial charge in [-0.05, 0) is 37.8 Å². The Balaban J connectivity index is 2.12. The second kappa shape index (κ2) is 8.80. The molecule has 28 heavy (non-hydrogen) atoms. The first-order chi connectivity index (χ1) is 13.5. The minimum atomic E-state index is -0.432. The molecular formula is C23H31FN2O2. The van der Waals surface area contributed by atoms with Gasteiger partial charge in [0.2, 0.25) is 0 Å². The van der Waals surface area contributed by atoms with Gasteiger partial charge in [-0.2, -0.15) is 0 Å². The number of rotatable bonds is 8. The van der Waals surface area contributed by atoms with Crippen LogP contribution in [-0.4, -0.2) is 15.7 Å². The molecule has 152 valence electrons. The highest BCUT2D eigenvalue weighted by molar-refractivity contribution is 5.85. The van der Waals surface area contributed by atoms with Crippen LogP contribution in [0.15, 0.2) is 29.7 Å². The van der Waals surface area contributed by atoms with Crippen LogP contribution < -0.4 is 10.7 Å². The highest BCUT2D eigenvalue weighted by Crippen LogP contribution is 2.34. The van der Waals surface area contributed by atoms with Gasteiger partial charge in [0.1, 0.15) is 11.6 Å². The molecule has 0 radical (unpaired) electrons. The normalized spacial score (nSPS) is 15.8. The van der Waals surface area contributed by atoms with E-state index in [9.17, 15) is 14.3 Å². The molecule has 2 aromatic rings. The van der Waals surface area contributed by atoms with Gasteiger partial charge in [0.05, 0.1) is 16.8 Å². The smallest absolute Gasteiger partial charge is 0.200 e. The van der Waals surface area contributed by atoms with Crippen molar-refractivity contribution in [3.8, 4) is 0 Å². The Labute approximate surface area is 166 Å². The zero-order valence-electron chi connectivity index (χ0n) is 16.9. The number of hydrogen-bond donors (Lipinski definition) is 2. The van der Waals surface area contributed by atoms with Gasteiger partial charge in [-0.3, -0.25) is 4.79 Å². The summed E-state index contributed by atoms with van der Waals surface area (Å²) in [4.78, 5) is 12.8. The molecule has 1 atom stereocenters. The number of nitrogens with one attached hydrogen (secondary N) is 1. The van der Waals surface area contributed by atoms with Crippen molar-refractivity contribution in [1.82, 2.24) is 4.57 Å². The van der Waals surface area contributed by atoms with Crippen LogP contribution in [0.5, 0.6) is 0 Å². The first-order valence-corrected chi connectivity index (χ1v) is 10.5. The summed E-state index contributed by atoms with van der Waals surface area (Å²) in [5.41, 5.74) is 0.933. The van der Waals surface area contributed by atoms with Gasteiger partial charge in [-0.1, -0.05) is 46.1 Å². The van der Waals surface area contributed by atoms with Crippen LogP contribution in [0.2, 0.25) is 0 Å². The lowest BCUT2D eigenvalue weighted by atomic mass is 10.0. The fourth-order valence-corrected chi connectivity index (χ4v) is 4.22. The van der Waals surface area contributed by atoms with E-state index in [0.29, 0.717) is 11.1 Å². The second-order valence-electron chi connectivity index (χ2n) is 7.91. The number of aromatic nitrogens is 1. The lowest BCUT2D eigenvalue weighted by Gasteiger charge is -2.22. The number of fused-ring (bicyclic) bond motifs is 1. The molecule has 1 aliphatic carbocycles. The summed E-state index contributed by atoms with van der Waals surface area (Å²) < 4.78 is 16.9. The third-order valence-corrected chi connectivity index (χ3v) is 5.91. The second-order valence-corrected chi connectivity index (χ2v) is 7.91. The van der Waals surface area contributed by atoms with E-state index in [2.05, 4.69) is 25.7 Å². The molecule has 0 aliphatic heterocycles. The summed E-state index contributed by atoms with van der Waals surface area (Å²) in [6.07, 6.45) is 10.1. The molecule has 1 saturated carbocycles. The lowest BCUT2D eigenvalue weighted by Crippen LogP contribution is -2.21. The summed E-state index contributed by atoms with van der Waals surface area (Å²) in [5.74, 6) is -0.704. The monoisotopic (exact) mass is 386 g/mol. The van der Waals surface area contributed by atoms with Crippen molar-refractivity contribution < 1.29 is 9.50 Å². The molecule has 1 aromatic heterocycles. The molecule has 1 unspecified atom stereocenters. The molecule has 1 heterocycles. The summed E-state index contributed by atoms with van der Waals surface area (Å²) in [6.45, 7) is 7.76. The van der Waals surface area contributed by atoms with Gasteiger partial charge in [-0.15, -0.1) is 0 Å². The zero-order valence-corrected chi connectivity index (χ0v) is 16.9. The zero-order chi connectivity index (χ0) is 20.3.